The molecule has 0 aliphatic heterocycles. The van der Waals surface area contributed by atoms with Crippen LogP contribution < -0.4 is 0 Å². The number of hydrogen-bond donors (Lipinski definition) is 1. The van der Waals surface area contributed by atoms with Gasteiger partial charge in [-0.2, -0.15) is 15.0 Å². The molecule has 158 valence electrons. The summed E-state index contributed by atoms with van der Waals surface area (Å²) in [5.41, 5.74) is 0.697. The Kier molecular flexibility index (Phi) is 3.65. The van der Waals surface area contributed by atoms with E-state index in [1.165, 1.54) is 44.9 Å². The molecule has 1 N–H and O–H groups in total. The number of rotatable bonds is 3. The van der Waals surface area contributed by atoms with E-state index in [-0.39, 0.29) is 11.3 Å². The highest BCUT2D eigenvalue weighted by molar-refractivity contribution is 5.82. The van der Waals surface area contributed by atoms with Gasteiger partial charge in [0.2, 0.25) is 0 Å². The first-order chi connectivity index (χ1) is 13.8. The fourth-order valence-electron chi connectivity index (χ4n) is 9.52. The molecule has 8 atom stereocenters. The zero-order chi connectivity index (χ0) is 20.1. The Balaban J connectivity index is 1.23. The Morgan fingerprint density at radius 3 is 2.59 bits per heavy atom. The maximum Gasteiger partial charge on any atom is 0.159 e. The van der Waals surface area contributed by atoms with Crippen molar-refractivity contribution in [3.63, 3.8) is 0 Å². The van der Waals surface area contributed by atoms with Crippen molar-refractivity contribution >= 4 is 5.78 Å². The number of carbonyl (C=O) groups excluding carboxylic acids is 1. The smallest absolute Gasteiger partial charge is 0.159 e. The van der Waals surface area contributed by atoms with Gasteiger partial charge in [0.05, 0.1) is 18.0 Å². The third-order valence-electron chi connectivity index (χ3n) is 10.7. The molecular weight excluding hydrogens is 362 g/mol. The molecule has 5 saturated carbocycles. The first kappa shape index (κ1) is 18.5. The zero-order valence-electron chi connectivity index (χ0n) is 17.9. The fourth-order valence-corrected chi connectivity index (χ4v) is 9.52. The van der Waals surface area contributed by atoms with Crippen molar-refractivity contribution in [3.8, 4) is 0 Å². The van der Waals surface area contributed by atoms with Crippen molar-refractivity contribution < 1.29 is 9.90 Å². The van der Waals surface area contributed by atoms with Crippen LogP contribution in [0.25, 0.3) is 0 Å². The highest BCUT2D eigenvalue weighted by Gasteiger charge is 2.76. The predicted molar refractivity (Wildman–Crippen MR) is 109 cm³/mol. The molecule has 0 unspecified atom stereocenters. The number of fused-ring (bicyclic) bond motifs is 3. The molecule has 5 aliphatic carbocycles. The largest absolute Gasteiger partial charge is 0.390 e. The summed E-state index contributed by atoms with van der Waals surface area (Å²) in [6, 6.07) is 0. The lowest BCUT2D eigenvalue weighted by molar-refractivity contribution is -0.133. The summed E-state index contributed by atoms with van der Waals surface area (Å²) in [4.78, 5) is 14.7. The van der Waals surface area contributed by atoms with Gasteiger partial charge in [0.15, 0.2) is 5.78 Å². The standard InChI is InChI=1S/C24H35N3O2/c1-21(29)9-10-24-15-23(24,14-21)8-5-16-17-3-4-19(22(17,2)7-6-18(16)24)20(28)13-27-25-11-12-26-27/h11-12,16-19,29H,3-10,13-15H2,1-2H3/t16-,17-,18-,19+,21+,22-,23+,24-/m0/s1. The van der Waals surface area contributed by atoms with Crippen LogP contribution in [0, 0.1) is 39.9 Å². The van der Waals surface area contributed by atoms with E-state index in [0.717, 1.165) is 31.1 Å². The third kappa shape index (κ3) is 2.40. The predicted octanol–water partition coefficient (Wildman–Crippen LogP) is 4.01. The number of ketones is 1. The van der Waals surface area contributed by atoms with Gasteiger partial charge in [-0.1, -0.05) is 6.92 Å². The molecule has 5 heteroatoms. The lowest BCUT2D eigenvalue weighted by Gasteiger charge is -2.56. The number of Topliss-reactive ketones (excluding diaryl/α,β-unsaturated/α-hetero) is 1. The number of hydrogen-bond acceptors (Lipinski definition) is 4. The molecule has 5 aliphatic rings. The second-order valence-corrected chi connectivity index (χ2v) is 11.9. The van der Waals surface area contributed by atoms with E-state index in [4.69, 9.17) is 0 Å². The van der Waals surface area contributed by atoms with Crippen LogP contribution in [0.1, 0.15) is 78.1 Å². The van der Waals surface area contributed by atoms with Crippen LogP contribution in [0.5, 0.6) is 0 Å². The minimum Gasteiger partial charge on any atom is -0.390 e. The molecule has 6 rings (SSSR count). The van der Waals surface area contributed by atoms with Crippen molar-refractivity contribution in [2.45, 2.75) is 90.2 Å². The molecule has 0 aromatic carbocycles. The lowest BCUT2D eigenvalue weighted by Crippen LogP contribution is -2.51. The van der Waals surface area contributed by atoms with E-state index < -0.39 is 5.60 Å². The second-order valence-electron chi connectivity index (χ2n) is 11.9. The zero-order valence-corrected chi connectivity index (χ0v) is 17.9. The SMILES string of the molecule is C[C@@]1(O)CC[C@@]23C[C@@]2(CC[C@H]2[C@@H]4CC[C@H](C(=O)Cn5nccn5)[C@@]4(C)CC[C@@H]23)C1. The van der Waals surface area contributed by atoms with Crippen molar-refractivity contribution in [2.75, 3.05) is 0 Å². The minimum atomic E-state index is -0.443. The van der Waals surface area contributed by atoms with Gasteiger partial charge in [0.1, 0.15) is 6.54 Å². The normalized spacial score (nSPS) is 52.8. The van der Waals surface area contributed by atoms with Crippen LogP contribution in [0.2, 0.25) is 0 Å². The molecule has 0 saturated heterocycles. The molecule has 0 spiro atoms. The minimum absolute atomic E-state index is 0.164. The maximum atomic E-state index is 13.2. The van der Waals surface area contributed by atoms with E-state index in [2.05, 4.69) is 24.0 Å². The maximum absolute atomic E-state index is 13.2. The van der Waals surface area contributed by atoms with Crippen LogP contribution in [-0.2, 0) is 11.3 Å². The van der Waals surface area contributed by atoms with Crippen LogP contribution in [-0.4, -0.2) is 31.5 Å². The Bertz CT molecular complexity index is 835. The van der Waals surface area contributed by atoms with Crippen LogP contribution in [0.3, 0.4) is 0 Å². The van der Waals surface area contributed by atoms with Crippen molar-refractivity contribution in [3.05, 3.63) is 12.4 Å². The Hall–Kier alpha value is -1.23. The van der Waals surface area contributed by atoms with E-state index in [1.807, 2.05) is 0 Å². The van der Waals surface area contributed by atoms with Gasteiger partial charge in [-0.05, 0) is 105 Å². The first-order valence-electron chi connectivity index (χ1n) is 11.9. The van der Waals surface area contributed by atoms with Gasteiger partial charge in [-0.15, -0.1) is 0 Å². The summed E-state index contributed by atoms with van der Waals surface area (Å²) < 4.78 is 0. The molecule has 0 radical (unpaired) electrons. The molecule has 29 heavy (non-hydrogen) atoms. The monoisotopic (exact) mass is 397 g/mol. The summed E-state index contributed by atoms with van der Waals surface area (Å²) >= 11 is 0. The number of aliphatic hydroxyl groups is 1. The van der Waals surface area contributed by atoms with Gasteiger partial charge in [-0.3, -0.25) is 4.79 Å². The summed E-state index contributed by atoms with van der Waals surface area (Å²) in [5.74, 6) is 2.86. The molecule has 5 nitrogen and oxygen atoms in total. The van der Waals surface area contributed by atoms with Gasteiger partial charge in [0, 0.05) is 5.92 Å². The topological polar surface area (TPSA) is 68.0 Å². The van der Waals surface area contributed by atoms with Crippen molar-refractivity contribution in [1.82, 2.24) is 15.0 Å². The van der Waals surface area contributed by atoms with Gasteiger partial charge in [0.25, 0.3) is 0 Å². The van der Waals surface area contributed by atoms with Crippen LogP contribution in [0.4, 0.5) is 0 Å². The van der Waals surface area contributed by atoms with Crippen molar-refractivity contribution in [2.24, 2.45) is 39.9 Å². The average molecular weight is 398 g/mol. The lowest BCUT2D eigenvalue weighted by atomic mass is 9.48. The van der Waals surface area contributed by atoms with Crippen LogP contribution in [0.15, 0.2) is 12.4 Å². The number of aromatic nitrogens is 3. The number of nitrogens with zero attached hydrogens (tertiary/aromatic N) is 3. The van der Waals surface area contributed by atoms with E-state index in [9.17, 15) is 9.90 Å². The summed E-state index contributed by atoms with van der Waals surface area (Å²) in [5, 5.41) is 19.1. The highest BCUT2D eigenvalue weighted by Crippen LogP contribution is 2.83. The molecule has 5 fully saturated rings. The quantitative estimate of drug-likeness (QED) is 0.837. The first-order valence-corrected chi connectivity index (χ1v) is 11.9. The molecule has 0 bridgehead atoms. The summed E-state index contributed by atoms with van der Waals surface area (Å²) in [6.45, 7) is 4.82. The molecule has 0 amide bonds. The molecule has 1 aromatic rings. The molecule has 1 aromatic heterocycles. The van der Waals surface area contributed by atoms with Gasteiger partial charge < -0.3 is 5.11 Å². The van der Waals surface area contributed by atoms with Crippen LogP contribution >= 0.6 is 0 Å². The molecule has 1 heterocycles. The number of carbonyl (C=O) groups is 1. The van der Waals surface area contributed by atoms with Crippen molar-refractivity contribution in [1.29, 1.82) is 0 Å². The summed E-state index contributed by atoms with van der Waals surface area (Å²) in [6.07, 6.45) is 15.3. The average Bonchev–Trinajstić information content (AvgIpc) is 2.94. The van der Waals surface area contributed by atoms with E-state index in [1.54, 1.807) is 17.2 Å². The second kappa shape index (κ2) is 5.72. The Morgan fingerprint density at radius 1 is 1.00 bits per heavy atom. The van der Waals surface area contributed by atoms with Gasteiger partial charge >= 0.3 is 0 Å². The van der Waals surface area contributed by atoms with E-state index >= 15 is 0 Å². The Morgan fingerprint density at radius 2 is 1.79 bits per heavy atom. The summed E-state index contributed by atoms with van der Waals surface area (Å²) in [7, 11) is 0. The van der Waals surface area contributed by atoms with Gasteiger partial charge in [-0.25, -0.2) is 0 Å². The fraction of sp³-hybridized carbons (Fsp3) is 0.875. The van der Waals surface area contributed by atoms with E-state index in [0.29, 0.717) is 29.1 Å². The third-order valence-corrected chi connectivity index (χ3v) is 10.7. The highest BCUT2D eigenvalue weighted by atomic mass is 16.3. The Labute approximate surface area is 173 Å². The molecular formula is C24H35N3O2.